The second kappa shape index (κ2) is 3.77. The van der Waals surface area contributed by atoms with Crippen molar-refractivity contribution < 1.29 is 0 Å². The summed E-state index contributed by atoms with van der Waals surface area (Å²) < 4.78 is 0. The van der Waals surface area contributed by atoms with Crippen LogP contribution >= 0.6 is 0 Å². The van der Waals surface area contributed by atoms with Crippen LogP contribution in [0.5, 0.6) is 0 Å². The van der Waals surface area contributed by atoms with Crippen molar-refractivity contribution in [3.63, 3.8) is 0 Å². The van der Waals surface area contributed by atoms with Crippen molar-refractivity contribution in [2.45, 2.75) is 6.42 Å². The normalized spacial score (nSPS) is 12.2. The van der Waals surface area contributed by atoms with Crippen LogP contribution in [0.25, 0.3) is 0 Å². The largest absolute Gasteiger partial charge is 0.128 e. The minimum Gasteiger partial charge on any atom is -0.128 e. The van der Waals surface area contributed by atoms with Crippen molar-refractivity contribution in [1.29, 1.82) is 0 Å². The van der Waals surface area contributed by atoms with Gasteiger partial charge in [-0.3, -0.25) is 0 Å². The molecule has 3 heteroatoms. The third-order valence-electron chi connectivity index (χ3n) is 2.63. The average molecular weight is 208 g/mol. The van der Waals surface area contributed by atoms with E-state index in [4.69, 9.17) is 0 Å². The zero-order chi connectivity index (χ0) is 10.8. The first-order valence-corrected chi connectivity index (χ1v) is 5.21. The standard InChI is InChI=1S/C13H10N3/c1-2-5-10(6-3-1)9-11-7-4-8-12-13(11)15-16-14-12/h1-8H,9H2. The molecule has 1 radical (unpaired) electrons. The van der Waals surface area contributed by atoms with E-state index >= 15 is 0 Å². The summed E-state index contributed by atoms with van der Waals surface area (Å²) in [5.74, 6) is 0. The maximum atomic E-state index is 4.05. The van der Waals surface area contributed by atoms with E-state index < -0.39 is 0 Å². The summed E-state index contributed by atoms with van der Waals surface area (Å²) in [5.41, 5.74) is 8.19. The van der Waals surface area contributed by atoms with Gasteiger partial charge in [0.2, 0.25) is 0 Å². The fourth-order valence-corrected chi connectivity index (χ4v) is 1.85. The molecule has 0 fully saturated rings. The molecule has 1 aliphatic heterocycles. The molecule has 3 rings (SSSR count). The maximum absolute atomic E-state index is 4.05. The Labute approximate surface area is 93.8 Å². The van der Waals surface area contributed by atoms with Crippen molar-refractivity contribution in [2.75, 3.05) is 0 Å². The first-order valence-electron chi connectivity index (χ1n) is 5.21. The molecule has 16 heavy (non-hydrogen) atoms. The predicted octanol–water partition coefficient (Wildman–Crippen LogP) is 3.53. The molecule has 0 saturated carbocycles. The Hall–Kier alpha value is -2.16. The van der Waals surface area contributed by atoms with Crippen LogP contribution in [0.3, 0.4) is 0 Å². The van der Waals surface area contributed by atoms with Crippen molar-refractivity contribution in [2.24, 2.45) is 10.3 Å². The molecule has 2 aromatic rings. The van der Waals surface area contributed by atoms with Gasteiger partial charge in [0.05, 0.1) is 0 Å². The van der Waals surface area contributed by atoms with E-state index in [1.165, 1.54) is 11.1 Å². The van der Waals surface area contributed by atoms with Gasteiger partial charge in [-0.05, 0) is 28.8 Å². The Morgan fingerprint density at radius 2 is 1.75 bits per heavy atom. The highest BCUT2D eigenvalue weighted by atomic mass is 15.5. The van der Waals surface area contributed by atoms with E-state index in [9.17, 15) is 0 Å². The van der Waals surface area contributed by atoms with Crippen LogP contribution in [0.4, 0.5) is 11.4 Å². The third-order valence-corrected chi connectivity index (χ3v) is 2.63. The molecule has 0 unspecified atom stereocenters. The van der Waals surface area contributed by atoms with E-state index in [0.29, 0.717) is 0 Å². The molecule has 0 amide bonds. The first-order chi connectivity index (χ1) is 7.93. The molecule has 0 N–H and O–H groups in total. The highest BCUT2D eigenvalue weighted by molar-refractivity contribution is 5.67. The van der Waals surface area contributed by atoms with Crippen LogP contribution in [-0.4, -0.2) is 0 Å². The summed E-state index contributed by atoms with van der Waals surface area (Å²) in [7, 11) is 0. The smallest absolute Gasteiger partial charge is 0.119 e. The molecule has 77 valence electrons. The molecular weight excluding hydrogens is 198 g/mol. The monoisotopic (exact) mass is 208 g/mol. The predicted molar refractivity (Wildman–Crippen MR) is 62.0 cm³/mol. The molecule has 0 aliphatic carbocycles. The van der Waals surface area contributed by atoms with Crippen LogP contribution in [0.15, 0.2) is 58.9 Å². The minimum absolute atomic E-state index is 0.869. The highest BCUT2D eigenvalue weighted by Gasteiger charge is 2.13. The molecular formula is C13H10N3. The Morgan fingerprint density at radius 1 is 0.875 bits per heavy atom. The fourth-order valence-electron chi connectivity index (χ4n) is 1.85. The fraction of sp³-hybridized carbons (Fsp3) is 0.0769. The van der Waals surface area contributed by atoms with Gasteiger partial charge in [-0.25, -0.2) is 0 Å². The molecule has 0 saturated heterocycles. The Kier molecular flexibility index (Phi) is 2.14. The van der Waals surface area contributed by atoms with Crippen LogP contribution < -0.4 is 5.43 Å². The van der Waals surface area contributed by atoms with Crippen molar-refractivity contribution in [3.8, 4) is 0 Å². The third kappa shape index (κ3) is 1.56. The molecule has 0 bridgehead atoms. The molecule has 3 nitrogen and oxygen atoms in total. The number of benzene rings is 2. The molecule has 2 aromatic carbocycles. The lowest BCUT2D eigenvalue weighted by atomic mass is 10.0. The van der Waals surface area contributed by atoms with Gasteiger partial charge in [0.15, 0.2) is 0 Å². The van der Waals surface area contributed by atoms with Gasteiger partial charge in [0, 0.05) is 0 Å². The zero-order valence-electron chi connectivity index (χ0n) is 8.67. The van der Waals surface area contributed by atoms with Gasteiger partial charge in [-0.15, -0.1) is 10.5 Å². The van der Waals surface area contributed by atoms with Gasteiger partial charge in [-0.1, -0.05) is 42.5 Å². The van der Waals surface area contributed by atoms with Crippen LogP contribution in [0, 0.1) is 0 Å². The summed E-state index contributed by atoms with van der Waals surface area (Å²) in [6, 6.07) is 16.3. The van der Waals surface area contributed by atoms with Crippen LogP contribution in [0.2, 0.25) is 0 Å². The summed E-state index contributed by atoms with van der Waals surface area (Å²) in [6.07, 6.45) is 0.874. The highest BCUT2D eigenvalue weighted by Crippen LogP contribution is 2.34. The SMILES string of the molecule is c1ccc(Cc2cccc3c2N=N[N]3)cc1. The van der Waals surface area contributed by atoms with Gasteiger partial charge < -0.3 is 0 Å². The van der Waals surface area contributed by atoms with E-state index in [1.54, 1.807) is 0 Å². The summed E-state index contributed by atoms with van der Waals surface area (Å²) in [5, 5.41) is 7.76. The summed E-state index contributed by atoms with van der Waals surface area (Å²) >= 11 is 0. The summed E-state index contributed by atoms with van der Waals surface area (Å²) in [6.45, 7) is 0. The van der Waals surface area contributed by atoms with Gasteiger partial charge in [-0.2, -0.15) is 0 Å². The van der Waals surface area contributed by atoms with Gasteiger partial charge >= 0.3 is 0 Å². The molecule has 0 atom stereocenters. The van der Waals surface area contributed by atoms with Crippen molar-refractivity contribution in [3.05, 3.63) is 59.7 Å². The number of rotatable bonds is 2. The van der Waals surface area contributed by atoms with Crippen molar-refractivity contribution in [1.82, 2.24) is 5.43 Å². The second-order valence-corrected chi connectivity index (χ2v) is 3.74. The Balaban J connectivity index is 1.97. The lowest BCUT2D eigenvalue weighted by molar-refractivity contribution is 0.923. The van der Waals surface area contributed by atoms with E-state index in [0.717, 1.165) is 17.8 Å². The quantitative estimate of drug-likeness (QED) is 0.724. The second-order valence-electron chi connectivity index (χ2n) is 3.74. The van der Waals surface area contributed by atoms with Gasteiger partial charge in [0.1, 0.15) is 11.4 Å². The first kappa shape index (κ1) is 9.09. The Bertz CT molecular complexity index is 532. The van der Waals surface area contributed by atoms with E-state index in [2.05, 4.69) is 34.0 Å². The molecule has 1 aliphatic rings. The number of hydrogen-bond donors (Lipinski definition) is 0. The summed E-state index contributed by atoms with van der Waals surface area (Å²) in [4.78, 5) is 0. The van der Waals surface area contributed by atoms with Crippen LogP contribution in [0.1, 0.15) is 11.1 Å². The Morgan fingerprint density at radius 3 is 2.62 bits per heavy atom. The minimum atomic E-state index is 0.869. The maximum Gasteiger partial charge on any atom is 0.119 e. The molecule has 1 heterocycles. The van der Waals surface area contributed by atoms with E-state index in [-0.39, 0.29) is 0 Å². The number of nitrogens with zero attached hydrogens (tertiary/aromatic N) is 3. The number of fused-ring (bicyclic) bond motifs is 1. The topological polar surface area (TPSA) is 38.8 Å². The van der Waals surface area contributed by atoms with E-state index in [1.807, 2.05) is 30.3 Å². The molecule has 0 aromatic heterocycles. The average Bonchev–Trinajstić information content (AvgIpc) is 2.80. The van der Waals surface area contributed by atoms with Crippen LogP contribution in [-0.2, 0) is 6.42 Å². The van der Waals surface area contributed by atoms with Crippen molar-refractivity contribution >= 4 is 11.4 Å². The lowest BCUT2D eigenvalue weighted by Crippen LogP contribution is -1.88. The lowest BCUT2D eigenvalue weighted by Gasteiger charge is -2.04. The zero-order valence-corrected chi connectivity index (χ0v) is 8.67. The van der Waals surface area contributed by atoms with Gasteiger partial charge in [0.25, 0.3) is 0 Å². The number of hydrogen-bond acceptors (Lipinski definition) is 2. The molecule has 0 spiro atoms.